The number of nitrogens with one attached hydrogen (secondary N) is 1. The number of hydrogen-bond donors (Lipinski definition) is 2. The molecule has 0 aliphatic rings. The molecule has 0 saturated carbocycles. The fourth-order valence-corrected chi connectivity index (χ4v) is 4.82. The van der Waals surface area contributed by atoms with Gasteiger partial charge in [0.05, 0.1) is 39.0 Å². The summed E-state index contributed by atoms with van der Waals surface area (Å²) in [5.74, 6) is 1.39. The molecule has 9 heteroatoms. The molecule has 37 heavy (non-hydrogen) atoms. The molecule has 8 nitrogen and oxygen atoms in total. The minimum atomic E-state index is -3.95. The van der Waals surface area contributed by atoms with Crippen molar-refractivity contribution >= 4 is 27.9 Å². The van der Waals surface area contributed by atoms with E-state index in [0.717, 1.165) is 5.56 Å². The first-order valence-electron chi connectivity index (χ1n) is 11.5. The van der Waals surface area contributed by atoms with Crippen LogP contribution in [0.1, 0.15) is 37.5 Å². The third-order valence-electron chi connectivity index (χ3n) is 5.75. The number of rotatable bonds is 9. The molecule has 0 saturated heterocycles. The minimum absolute atomic E-state index is 0.131. The average molecular weight is 528 g/mol. The number of ether oxygens (including phenoxy) is 4. The van der Waals surface area contributed by atoms with Crippen LogP contribution in [-0.4, -0.2) is 42.0 Å². The van der Waals surface area contributed by atoms with E-state index in [1.54, 1.807) is 42.5 Å². The van der Waals surface area contributed by atoms with Crippen LogP contribution in [0.3, 0.4) is 0 Å². The Labute approximate surface area is 218 Å². The van der Waals surface area contributed by atoms with Gasteiger partial charge in [0, 0.05) is 11.6 Å². The van der Waals surface area contributed by atoms with Gasteiger partial charge >= 0.3 is 0 Å². The van der Waals surface area contributed by atoms with Crippen molar-refractivity contribution in [1.82, 2.24) is 0 Å². The zero-order chi connectivity index (χ0) is 27.4. The Balaban J connectivity index is 2.06. The lowest BCUT2D eigenvalue weighted by molar-refractivity contribution is 0.324. The smallest absolute Gasteiger partial charge is 0.261 e. The number of phenols is 1. The lowest BCUT2D eigenvalue weighted by Gasteiger charge is -2.20. The highest BCUT2D eigenvalue weighted by molar-refractivity contribution is 7.92. The summed E-state index contributed by atoms with van der Waals surface area (Å²) in [4.78, 5) is 0.131. The number of aromatic hydroxyl groups is 1. The van der Waals surface area contributed by atoms with Gasteiger partial charge in [-0.1, -0.05) is 45.1 Å². The number of anilines is 1. The van der Waals surface area contributed by atoms with Crippen molar-refractivity contribution in [1.29, 1.82) is 0 Å². The van der Waals surface area contributed by atoms with Crippen molar-refractivity contribution in [2.24, 2.45) is 0 Å². The van der Waals surface area contributed by atoms with Gasteiger partial charge in [0.2, 0.25) is 5.75 Å². The van der Waals surface area contributed by atoms with Gasteiger partial charge in [0.1, 0.15) is 0 Å². The summed E-state index contributed by atoms with van der Waals surface area (Å²) in [6.07, 6.45) is 3.41. The molecule has 2 N–H and O–H groups in total. The zero-order valence-corrected chi connectivity index (χ0v) is 22.9. The maximum atomic E-state index is 13.3. The molecule has 0 bridgehead atoms. The SMILES string of the molecule is COc1cc(NS(=O)(=O)c2cccc(C(C)(C)C)c2)c(C=Cc2cc(OC)c(OC)c(OC)c2)cc1O. The van der Waals surface area contributed by atoms with Gasteiger partial charge in [-0.3, -0.25) is 4.72 Å². The van der Waals surface area contributed by atoms with Gasteiger partial charge in [0.25, 0.3) is 10.0 Å². The molecule has 3 rings (SSSR count). The van der Waals surface area contributed by atoms with Gasteiger partial charge in [-0.25, -0.2) is 8.42 Å². The predicted molar refractivity (Wildman–Crippen MR) is 146 cm³/mol. The van der Waals surface area contributed by atoms with E-state index in [2.05, 4.69) is 4.72 Å². The molecule has 0 aromatic heterocycles. The van der Waals surface area contributed by atoms with Gasteiger partial charge in [-0.05, 0) is 46.9 Å². The molecule has 0 radical (unpaired) electrons. The van der Waals surface area contributed by atoms with Crippen molar-refractivity contribution in [3.8, 4) is 28.7 Å². The van der Waals surface area contributed by atoms with E-state index in [9.17, 15) is 13.5 Å². The molecule has 0 fully saturated rings. The van der Waals surface area contributed by atoms with E-state index in [0.29, 0.717) is 28.4 Å². The highest BCUT2D eigenvalue weighted by Crippen LogP contribution is 2.39. The summed E-state index contributed by atoms with van der Waals surface area (Å²) in [5, 5.41) is 10.4. The molecular weight excluding hydrogens is 494 g/mol. The highest BCUT2D eigenvalue weighted by atomic mass is 32.2. The zero-order valence-electron chi connectivity index (χ0n) is 22.1. The number of hydrogen-bond acceptors (Lipinski definition) is 7. The molecule has 0 aliphatic carbocycles. The third-order valence-corrected chi connectivity index (χ3v) is 7.11. The highest BCUT2D eigenvalue weighted by Gasteiger charge is 2.21. The maximum Gasteiger partial charge on any atom is 0.261 e. The van der Waals surface area contributed by atoms with Crippen LogP contribution in [0.25, 0.3) is 12.2 Å². The van der Waals surface area contributed by atoms with Crippen molar-refractivity contribution < 1.29 is 32.5 Å². The van der Waals surface area contributed by atoms with Crippen LogP contribution in [0.2, 0.25) is 0 Å². The first-order valence-corrected chi connectivity index (χ1v) is 12.9. The second-order valence-corrected chi connectivity index (χ2v) is 11.0. The molecule has 0 unspecified atom stereocenters. The molecule has 3 aromatic rings. The Morgan fingerprint density at radius 3 is 1.97 bits per heavy atom. The van der Waals surface area contributed by atoms with Crippen LogP contribution in [0, 0.1) is 0 Å². The van der Waals surface area contributed by atoms with E-state index in [4.69, 9.17) is 18.9 Å². The first kappa shape index (κ1) is 27.7. The van der Waals surface area contributed by atoms with Gasteiger partial charge < -0.3 is 24.1 Å². The summed E-state index contributed by atoms with van der Waals surface area (Å²) in [6, 6.07) is 13.2. The molecule has 0 aliphatic heterocycles. The summed E-state index contributed by atoms with van der Waals surface area (Å²) in [6.45, 7) is 6.05. The number of sulfonamides is 1. The van der Waals surface area contributed by atoms with Crippen molar-refractivity contribution in [2.45, 2.75) is 31.1 Å². The van der Waals surface area contributed by atoms with E-state index in [1.165, 1.54) is 40.6 Å². The second kappa shape index (κ2) is 11.0. The van der Waals surface area contributed by atoms with E-state index in [1.807, 2.05) is 26.8 Å². The molecule has 198 valence electrons. The topological polar surface area (TPSA) is 103 Å². The summed E-state index contributed by atoms with van der Waals surface area (Å²) in [5.41, 5.74) is 2.03. The monoisotopic (exact) mass is 527 g/mol. The summed E-state index contributed by atoms with van der Waals surface area (Å²) >= 11 is 0. The molecule has 0 amide bonds. The second-order valence-electron chi connectivity index (χ2n) is 9.29. The Kier molecular flexibility index (Phi) is 8.28. The van der Waals surface area contributed by atoms with Crippen LogP contribution in [0.15, 0.2) is 53.4 Å². The normalized spacial score (nSPS) is 11.9. The van der Waals surface area contributed by atoms with Crippen LogP contribution in [0.4, 0.5) is 5.69 Å². The van der Waals surface area contributed by atoms with E-state index in [-0.39, 0.29) is 27.5 Å². The van der Waals surface area contributed by atoms with Crippen LogP contribution >= 0.6 is 0 Å². The fourth-order valence-electron chi connectivity index (χ4n) is 3.69. The molecule has 0 spiro atoms. The van der Waals surface area contributed by atoms with Crippen molar-refractivity contribution in [3.63, 3.8) is 0 Å². The van der Waals surface area contributed by atoms with Crippen molar-refractivity contribution in [3.05, 3.63) is 65.2 Å². The lowest BCUT2D eigenvalue weighted by Crippen LogP contribution is -2.16. The van der Waals surface area contributed by atoms with E-state index >= 15 is 0 Å². The maximum absolute atomic E-state index is 13.3. The average Bonchev–Trinajstić information content (AvgIpc) is 2.87. The number of methoxy groups -OCH3 is 4. The summed E-state index contributed by atoms with van der Waals surface area (Å²) in [7, 11) is 2.01. The van der Waals surface area contributed by atoms with E-state index < -0.39 is 10.0 Å². The Bertz CT molecular complexity index is 1380. The fraction of sp³-hybridized carbons (Fsp3) is 0.286. The van der Waals surface area contributed by atoms with Gasteiger partial charge in [-0.15, -0.1) is 0 Å². The summed E-state index contributed by atoms with van der Waals surface area (Å²) < 4.78 is 50.7. The standard InChI is InChI=1S/C28H33NO7S/c1-28(2,3)20-9-8-10-21(16-20)37(31,32)29-22-17-24(33-4)23(30)15-19(22)12-11-18-13-25(34-5)27(36-7)26(14-18)35-6/h8-17,29-30H,1-7H3. The molecular formula is C28H33NO7S. The lowest BCUT2D eigenvalue weighted by atomic mass is 9.87. The predicted octanol–water partition coefficient (Wildman–Crippen LogP) is 5.70. The Morgan fingerprint density at radius 1 is 0.811 bits per heavy atom. The third kappa shape index (κ3) is 6.29. The quantitative estimate of drug-likeness (QED) is 0.272. The van der Waals surface area contributed by atoms with Crippen LogP contribution < -0.4 is 23.7 Å². The van der Waals surface area contributed by atoms with Crippen LogP contribution in [0.5, 0.6) is 28.7 Å². The Hall–Kier alpha value is -3.85. The number of benzene rings is 3. The molecule has 0 heterocycles. The van der Waals surface area contributed by atoms with Crippen LogP contribution in [-0.2, 0) is 15.4 Å². The van der Waals surface area contributed by atoms with Gasteiger partial charge in [-0.2, -0.15) is 0 Å². The Morgan fingerprint density at radius 2 is 1.43 bits per heavy atom. The molecule has 3 aromatic carbocycles. The minimum Gasteiger partial charge on any atom is -0.504 e. The molecule has 0 atom stereocenters. The largest absolute Gasteiger partial charge is 0.504 e. The first-order chi connectivity index (χ1) is 17.4. The number of phenolic OH excluding ortho intramolecular Hbond substituents is 1. The van der Waals surface area contributed by atoms with Gasteiger partial charge in [0.15, 0.2) is 23.0 Å². The van der Waals surface area contributed by atoms with Crippen molar-refractivity contribution in [2.75, 3.05) is 33.2 Å².